The van der Waals surface area contributed by atoms with Crippen LogP contribution in [-0.4, -0.2) is 114 Å². The fourth-order valence-corrected chi connectivity index (χ4v) is 6.97. The van der Waals surface area contributed by atoms with Crippen LogP contribution in [0.2, 0.25) is 0 Å². The molecule has 0 bridgehead atoms. The van der Waals surface area contributed by atoms with Crippen molar-refractivity contribution in [2.24, 2.45) is 17.4 Å². The Morgan fingerprint density at radius 3 is 2.30 bits per heavy atom. The second-order valence-corrected chi connectivity index (χ2v) is 15.0. The van der Waals surface area contributed by atoms with Crippen molar-refractivity contribution in [2.75, 3.05) is 70.6 Å². The number of aldehydes is 1. The van der Waals surface area contributed by atoms with Gasteiger partial charge in [0.1, 0.15) is 17.7 Å². The van der Waals surface area contributed by atoms with E-state index in [0.717, 1.165) is 105 Å². The van der Waals surface area contributed by atoms with Crippen LogP contribution in [0.25, 0.3) is 11.1 Å². The number of fused-ring (bicyclic) bond motifs is 3. The fraction of sp³-hybridized carbons (Fsp3) is 0.488. The Morgan fingerprint density at radius 2 is 1.66 bits per heavy atom. The van der Waals surface area contributed by atoms with E-state index in [0.29, 0.717) is 36.2 Å². The van der Waals surface area contributed by atoms with E-state index in [2.05, 4.69) is 55.5 Å². The zero-order valence-electron chi connectivity index (χ0n) is 33.4. The molecule has 8 rings (SSSR count). The van der Waals surface area contributed by atoms with Crippen LogP contribution in [0.3, 0.4) is 0 Å². The van der Waals surface area contributed by atoms with Gasteiger partial charge in [-0.05, 0) is 50.9 Å². The Morgan fingerprint density at radius 1 is 0.946 bits per heavy atom. The normalized spacial score (nSPS) is 18.8. The predicted octanol–water partition coefficient (Wildman–Crippen LogP) is 2.84. The van der Waals surface area contributed by atoms with Crippen LogP contribution in [0.5, 0.6) is 0 Å². The molecule has 300 valence electrons. The lowest BCUT2D eigenvalue weighted by Crippen LogP contribution is -2.48. The molecule has 0 unspecified atom stereocenters. The Balaban J connectivity index is 0.000000695. The number of aromatic nitrogens is 3. The van der Waals surface area contributed by atoms with Gasteiger partial charge in [-0.2, -0.15) is 5.10 Å². The molecule has 2 amide bonds. The number of hydrogen-bond donors (Lipinski definition) is 5. The van der Waals surface area contributed by atoms with Crippen LogP contribution in [0.1, 0.15) is 67.4 Å². The van der Waals surface area contributed by atoms with E-state index in [9.17, 15) is 14.4 Å². The molecule has 15 heteroatoms. The summed E-state index contributed by atoms with van der Waals surface area (Å²) in [5.74, 6) is 0.526. The molecule has 5 heterocycles. The Labute approximate surface area is 330 Å². The Hall–Kier alpha value is -5.41. The number of likely N-dealkylation sites (tertiary alicyclic amines) is 1. The minimum absolute atomic E-state index is 0.00992. The number of likely N-dealkylation sites (N-methyl/N-ethyl adjacent to an activating group) is 1. The van der Waals surface area contributed by atoms with E-state index < -0.39 is 0 Å². The summed E-state index contributed by atoms with van der Waals surface area (Å²) in [4.78, 5) is 48.9. The number of hydrogen-bond acceptors (Lipinski definition) is 12. The van der Waals surface area contributed by atoms with E-state index in [4.69, 9.17) is 21.5 Å². The Kier molecular flexibility index (Phi) is 13.0. The van der Waals surface area contributed by atoms with Gasteiger partial charge in [-0.3, -0.25) is 19.2 Å². The largest absolute Gasteiger partial charge is 0.393 e. The lowest BCUT2D eigenvalue weighted by Gasteiger charge is -2.40. The molecule has 3 aromatic rings. The third-order valence-corrected chi connectivity index (χ3v) is 10.6. The first-order chi connectivity index (χ1) is 27.1. The molecule has 2 saturated carbocycles. The second kappa shape index (κ2) is 18.0. The molecule has 7 N–H and O–H groups in total. The highest BCUT2D eigenvalue weighted by Crippen LogP contribution is 2.44. The number of pyridine rings is 1. The van der Waals surface area contributed by atoms with Crippen molar-refractivity contribution in [3.8, 4) is 11.1 Å². The highest BCUT2D eigenvalue weighted by molar-refractivity contribution is 5.96. The molecular formula is C41H58N12O3. The van der Waals surface area contributed by atoms with Gasteiger partial charge < -0.3 is 46.9 Å². The summed E-state index contributed by atoms with van der Waals surface area (Å²) in [5.41, 5.74) is 19.5. The predicted molar refractivity (Wildman–Crippen MR) is 219 cm³/mol. The maximum atomic E-state index is 13.1. The standard InChI is InChI=1S/C35H46N12O2.C4H6O.C2H6/c1-38-31(36)16-29(32(37)34(48)41-22-10-11-22)42-27-8-5-7-25-26-17-39-47(30(26)21-44(3)33(25)27)24-19-45(20-24)18-23-6-4-9-28(40-23)35(49)46-14-12-43(2)13-15-46;5-3-4-1-2-4;1-2/h4-9,16-17,22,24,38,42H,10-15,18-21,36-37H2,1-3H3,(H,41,48);3-4H,1-2H2;1-2H3/b31-16+,32-29+;;. The van der Waals surface area contributed by atoms with Crippen LogP contribution >= 0.6 is 0 Å². The Bertz CT molecular complexity index is 1930. The second-order valence-electron chi connectivity index (χ2n) is 15.0. The summed E-state index contributed by atoms with van der Waals surface area (Å²) in [5, 5.41) is 14.1. The first-order valence-electron chi connectivity index (χ1n) is 19.9. The number of nitrogens with two attached hydrogens (primary N) is 2. The van der Waals surface area contributed by atoms with Crippen molar-refractivity contribution in [1.29, 1.82) is 0 Å². The number of para-hydroxylation sites is 1. The summed E-state index contributed by atoms with van der Waals surface area (Å²) < 4.78 is 2.16. The summed E-state index contributed by atoms with van der Waals surface area (Å²) in [6.07, 6.45) is 8.84. The van der Waals surface area contributed by atoms with Crippen LogP contribution in [0, 0.1) is 5.92 Å². The van der Waals surface area contributed by atoms with Crippen molar-refractivity contribution < 1.29 is 14.4 Å². The number of carbonyl (C=O) groups excluding carboxylic acids is 3. The first-order valence-corrected chi connectivity index (χ1v) is 19.9. The summed E-state index contributed by atoms with van der Waals surface area (Å²) in [7, 11) is 5.86. The van der Waals surface area contributed by atoms with Gasteiger partial charge >= 0.3 is 0 Å². The first kappa shape index (κ1) is 40.3. The van der Waals surface area contributed by atoms with Crippen molar-refractivity contribution in [1.82, 2.24) is 40.1 Å². The van der Waals surface area contributed by atoms with Gasteiger partial charge in [0.15, 0.2) is 0 Å². The molecule has 1 aromatic carbocycles. The molecule has 5 aliphatic rings. The van der Waals surface area contributed by atoms with E-state index in [-0.39, 0.29) is 29.6 Å². The molecule has 2 aliphatic carbocycles. The van der Waals surface area contributed by atoms with Crippen molar-refractivity contribution in [2.45, 2.75) is 64.7 Å². The average Bonchev–Trinajstić information content (AvgIpc) is 4.15. The maximum Gasteiger partial charge on any atom is 0.272 e. The van der Waals surface area contributed by atoms with Crippen molar-refractivity contribution >= 4 is 29.5 Å². The van der Waals surface area contributed by atoms with Gasteiger partial charge in [0.2, 0.25) is 0 Å². The number of anilines is 2. The lowest BCUT2D eigenvalue weighted by molar-refractivity contribution is -0.117. The van der Waals surface area contributed by atoms with Gasteiger partial charge in [0.25, 0.3) is 11.8 Å². The zero-order valence-corrected chi connectivity index (χ0v) is 33.4. The molecule has 0 spiro atoms. The molecule has 0 radical (unpaired) electrons. The topological polar surface area (TPSA) is 183 Å². The average molecular weight is 767 g/mol. The number of nitrogens with one attached hydrogen (secondary N) is 3. The lowest BCUT2D eigenvalue weighted by atomic mass is 9.97. The zero-order chi connectivity index (χ0) is 39.9. The SMILES string of the molecule is CC.CN/C(N)=C/C(Nc1cccc2c1N(C)Cc1c-2cnn1C1CN(Cc2cccc(C(=O)N3CCN(C)CC3)n2)C1)=C(\N)C(=O)NC1CC1.O=CC1CC1. The van der Waals surface area contributed by atoms with Gasteiger partial charge in [0.05, 0.1) is 53.1 Å². The summed E-state index contributed by atoms with van der Waals surface area (Å²) in [6.45, 7) is 10.3. The van der Waals surface area contributed by atoms with Gasteiger partial charge in [-0.1, -0.05) is 32.0 Å². The summed E-state index contributed by atoms with van der Waals surface area (Å²) in [6, 6.07) is 12.2. The van der Waals surface area contributed by atoms with Crippen molar-refractivity contribution in [3.05, 3.63) is 83.0 Å². The van der Waals surface area contributed by atoms with E-state index in [1.165, 1.54) is 0 Å². The van der Waals surface area contributed by atoms with E-state index >= 15 is 0 Å². The molecule has 2 aromatic heterocycles. The molecule has 4 fully saturated rings. The van der Waals surface area contributed by atoms with Crippen LogP contribution in [-0.2, 0) is 22.7 Å². The number of carbonyl (C=O) groups is 3. The monoisotopic (exact) mass is 766 g/mol. The molecule has 2 saturated heterocycles. The molecule has 3 aliphatic heterocycles. The quantitative estimate of drug-likeness (QED) is 0.110. The van der Waals surface area contributed by atoms with E-state index in [1.54, 1.807) is 13.1 Å². The van der Waals surface area contributed by atoms with Crippen LogP contribution in [0.15, 0.2) is 65.9 Å². The molecule has 0 atom stereocenters. The number of allylic oxidation sites excluding steroid dienone is 1. The van der Waals surface area contributed by atoms with Crippen LogP contribution < -0.4 is 32.3 Å². The fourth-order valence-electron chi connectivity index (χ4n) is 6.97. The van der Waals surface area contributed by atoms with E-state index in [1.807, 2.05) is 55.3 Å². The number of rotatable bonds is 11. The molecule has 56 heavy (non-hydrogen) atoms. The highest BCUT2D eigenvalue weighted by atomic mass is 16.2. The number of piperazine rings is 1. The number of amides is 2. The van der Waals surface area contributed by atoms with Crippen LogP contribution in [0.4, 0.5) is 11.4 Å². The minimum Gasteiger partial charge on any atom is -0.393 e. The third-order valence-electron chi connectivity index (χ3n) is 10.6. The number of nitrogens with zero attached hydrogens (tertiary/aromatic N) is 7. The van der Waals surface area contributed by atoms with Gasteiger partial charge in [0, 0.05) is 89.1 Å². The summed E-state index contributed by atoms with van der Waals surface area (Å²) >= 11 is 0. The third kappa shape index (κ3) is 9.51. The molecular weight excluding hydrogens is 709 g/mol. The van der Waals surface area contributed by atoms with Crippen molar-refractivity contribution in [3.63, 3.8) is 0 Å². The molecule has 15 nitrogen and oxygen atoms in total. The van der Waals surface area contributed by atoms with Gasteiger partial charge in [-0.25, -0.2) is 4.98 Å². The smallest absolute Gasteiger partial charge is 0.272 e. The minimum atomic E-state index is -0.316. The van der Waals surface area contributed by atoms with Gasteiger partial charge in [-0.15, -0.1) is 0 Å². The number of benzene rings is 1. The highest BCUT2D eigenvalue weighted by Gasteiger charge is 2.35. The maximum absolute atomic E-state index is 13.1.